The molecule has 0 atom stereocenters. The zero-order chi connectivity index (χ0) is 16.5. The highest BCUT2D eigenvalue weighted by Gasteiger charge is 2.21. The van der Waals surface area contributed by atoms with Crippen molar-refractivity contribution >= 4 is 5.65 Å². The fraction of sp³-hybridized carbons (Fsp3) is 0.412. The number of likely N-dealkylation sites (tertiary alicyclic amines) is 1. The first-order valence-corrected chi connectivity index (χ1v) is 8.27. The minimum absolute atomic E-state index is 0.0174. The molecule has 124 valence electrons. The average molecular weight is 324 g/mol. The summed E-state index contributed by atoms with van der Waals surface area (Å²) in [5, 5.41) is 7.98. The first-order chi connectivity index (χ1) is 11.7. The maximum Gasteiger partial charge on any atom is 0.258 e. The van der Waals surface area contributed by atoms with E-state index >= 15 is 0 Å². The van der Waals surface area contributed by atoms with Crippen LogP contribution in [0.2, 0.25) is 0 Å². The predicted octanol–water partition coefficient (Wildman–Crippen LogP) is 1.43. The Morgan fingerprint density at radius 2 is 2.08 bits per heavy atom. The van der Waals surface area contributed by atoms with Crippen LogP contribution in [0.25, 0.3) is 5.65 Å². The van der Waals surface area contributed by atoms with Crippen molar-refractivity contribution in [2.75, 3.05) is 13.1 Å². The summed E-state index contributed by atoms with van der Waals surface area (Å²) in [7, 11) is 0. The molecule has 1 fully saturated rings. The van der Waals surface area contributed by atoms with E-state index in [1.54, 1.807) is 22.9 Å². The van der Waals surface area contributed by atoms with Crippen LogP contribution in [0.15, 0.2) is 41.6 Å². The summed E-state index contributed by atoms with van der Waals surface area (Å²) < 4.78 is 3.55. The molecular formula is C17H20N6O. The Hall–Kier alpha value is -2.54. The van der Waals surface area contributed by atoms with E-state index in [2.05, 4.69) is 15.2 Å². The molecule has 0 amide bonds. The summed E-state index contributed by atoms with van der Waals surface area (Å²) in [5.74, 6) is 0. The van der Waals surface area contributed by atoms with Gasteiger partial charge in [-0.1, -0.05) is 11.3 Å². The van der Waals surface area contributed by atoms with Crippen LogP contribution in [-0.2, 0) is 6.54 Å². The molecule has 0 aromatic carbocycles. The lowest BCUT2D eigenvalue weighted by atomic mass is 10.1. The van der Waals surface area contributed by atoms with Gasteiger partial charge < -0.3 is 0 Å². The minimum Gasteiger partial charge on any atom is -0.297 e. The Morgan fingerprint density at radius 3 is 2.83 bits per heavy atom. The van der Waals surface area contributed by atoms with Crippen molar-refractivity contribution in [3.63, 3.8) is 0 Å². The van der Waals surface area contributed by atoms with Crippen LogP contribution in [0.1, 0.15) is 30.1 Å². The second-order valence-corrected chi connectivity index (χ2v) is 6.36. The van der Waals surface area contributed by atoms with Gasteiger partial charge in [0.1, 0.15) is 5.65 Å². The third-order valence-corrected chi connectivity index (χ3v) is 4.70. The molecule has 7 nitrogen and oxygen atoms in total. The Kier molecular flexibility index (Phi) is 3.86. The van der Waals surface area contributed by atoms with Gasteiger partial charge in [0.15, 0.2) is 0 Å². The van der Waals surface area contributed by atoms with Crippen LogP contribution in [-0.4, -0.2) is 42.4 Å². The lowest BCUT2D eigenvalue weighted by molar-refractivity contribution is 0.170. The highest BCUT2D eigenvalue weighted by atomic mass is 16.1. The molecule has 1 saturated heterocycles. The van der Waals surface area contributed by atoms with Gasteiger partial charge >= 0.3 is 0 Å². The highest BCUT2D eigenvalue weighted by Crippen LogP contribution is 2.22. The van der Waals surface area contributed by atoms with Gasteiger partial charge in [0, 0.05) is 38.1 Å². The topological polar surface area (TPSA) is 68.3 Å². The minimum atomic E-state index is -0.0174. The molecule has 0 bridgehead atoms. The second kappa shape index (κ2) is 6.16. The molecule has 1 aliphatic rings. The average Bonchev–Trinajstić information content (AvgIpc) is 3.11. The number of aryl methyl sites for hydroxylation is 1. The molecule has 7 heteroatoms. The number of pyridine rings is 1. The summed E-state index contributed by atoms with van der Waals surface area (Å²) in [4.78, 5) is 19.3. The van der Waals surface area contributed by atoms with Crippen LogP contribution < -0.4 is 5.56 Å². The number of nitrogens with zero attached hydrogens (tertiary/aromatic N) is 6. The van der Waals surface area contributed by atoms with Gasteiger partial charge in [-0.25, -0.2) is 9.67 Å². The SMILES string of the molecule is Cc1cccn2c(=O)cc(CN3CCC(n4ccnn4)CC3)nc12. The molecule has 4 heterocycles. The van der Waals surface area contributed by atoms with Crippen molar-refractivity contribution in [1.82, 2.24) is 29.3 Å². The van der Waals surface area contributed by atoms with E-state index in [9.17, 15) is 4.79 Å². The van der Waals surface area contributed by atoms with Crippen molar-refractivity contribution in [3.8, 4) is 0 Å². The normalized spacial score (nSPS) is 16.7. The van der Waals surface area contributed by atoms with E-state index in [4.69, 9.17) is 4.98 Å². The van der Waals surface area contributed by atoms with Gasteiger partial charge in [-0.05, 0) is 31.4 Å². The lowest BCUT2D eigenvalue weighted by Gasteiger charge is -2.31. The zero-order valence-corrected chi connectivity index (χ0v) is 13.7. The van der Waals surface area contributed by atoms with Crippen molar-refractivity contribution in [1.29, 1.82) is 0 Å². The summed E-state index contributed by atoms with van der Waals surface area (Å²) in [5.41, 5.74) is 2.59. The monoisotopic (exact) mass is 324 g/mol. The van der Waals surface area contributed by atoms with Crippen LogP contribution in [0.3, 0.4) is 0 Å². The molecular weight excluding hydrogens is 304 g/mol. The number of fused-ring (bicyclic) bond motifs is 1. The maximum atomic E-state index is 12.3. The highest BCUT2D eigenvalue weighted by molar-refractivity contribution is 5.46. The number of hydrogen-bond acceptors (Lipinski definition) is 5. The molecule has 1 aliphatic heterocycles. The van der Waals surface area contributed by atoms with Gasteiger partial charge in [0.25, 0.3) is 5.56 Å². The second-order valence-electron chi connectivity index (χ2n) is 6.36. The largest absolute Gasteiger partial charge is 0.297 e. The quantitative estimate of drug-likeness (QED) is 0.729. The summed E-state index contributed by atoms with van der Waals surface area (Å²) >= 11 is 0. The first-order valence-electron chi connectivity index (χ1n) is 8.27. The Morgan fingerprint density at radius 1 is 1.25 bits per heavy atom. The van der Waals surface area contributed by atoms with E-state index in [-0.39, 0.29) is 5.56 Å². The van der Waals surface area contributed by atoms with Crippen LogP contribution in [0, 0.1) is 6.92 Å². The standard InChI is InChI=1S/C17H20N6O/c1-13-3-2-7-22-16(24)11-14(19-17(13)22)12-21-8-4-15(5-9-21)23-10-6-18-20-23/h2-3,6-7,10-11,15H,4-5,8-9,12H2,1H3. The van der Waals surface area contributed by atoms with Crippen LogP contribution in [0.4, 0.5) is 0 Å². The Bertz CT molecular complexity index is 893. The zero-order valence-electron chi connectivity index (χ0n) is 13.7. The Labute approximate surface area is 139 Å². The van der Waals surface area contributed by atoms with E-state index < -0.39 is 0 Å². The van der Waals surface area contributed by atoms with E-state index in [0.717, 1.165) is 42.8 Å². The maximum absolute atomic E-state index is 12.3. The summed E-state index contributed by atoms with van der Waals surface area (Å²) in [6.07, 6.45) is 7.49. The van der Waals surface area contributed by atoms with Gasteiger partial charge in [0.2, 0.25) is 0 Å². The molecule has 3 aromatic heterocycles. The third-order valence-electron chi connectivity index (χ3n) is 4.70. The number of hydrogen-bond donors (Lipinski definition) is 0. The predicted molar refractivity (Wildman–Crippen MR) is 89.8 cm³/mol. The molecule has 3 aromatic rings. The van der Waals surface area contributed by atoms with Gasteiger partial charge in [-0.15, -0.1) is 5.10 Å². The van der Waals surface area contributed by atoms with Crippen molar-refractivity contribution < 1.29 is 0 Å². The Balaban J connectivity index is 1.49. The van der Waals surface area contributed by atoms with Gasteiger partial charge in [0.05, 0.1) is 17.9 Å². The number of aromatic nitrogens is 5. The van der Waals surface area contributed by atoms with Crippen LogP contribution in [0.5, 0.6) is 0 Å². The third kappa shape index (κ3) is 2.82. The summed E-state index contributed by atoms with van der Waals surface area (Å²) in [6, 6.07) is 5.92. The molecule has 0 N–H and O–H groups in total. The molecule has 0 spiro atoms. The smallest absolute Gasteiger partial charge is 0.258 e. The van der Waals surface area contributed by atoms with Gasteiger partial charge in [-0.2, -0.15) is 0 Å². The summed E-state index contributed by atoms with van der Waals surface area (Å²) in [6.45, 7) is 4.64. The number of piperidine rings is 1. The van der Waals surface area contributed by atoms with Crippen molar-refractivity contribution in [3.05, 3.63) is 58.4 Å². The van der Waals surface area contributed by atoms with E-state index in [0.29, 0.717) is 12.6 Å². The van der Waals surface area contributed by atoms with E-state index in [1.165, 1.54) is 0 Å². The van der Waals surface area contributed by atoms with Crippen LogP contribution >= 0.6 is 0 Å². The molecule has 0 unspecified atom stereocenters. The molecule has 24 heavy (non-hydrogen) atoms. The lowest BCUT2D eigenvalue weighted by Crippen LogP contribution is -2.35. The number of rotatable bonds is 3. The van der Waals surface area contributed by atoms with Gasteiger partial charge in [-0.3, -0.25) is 14.1 Å². The molecule has 0 radical (unpaired) electrons. The fourth-order valence-electron chi connectivity index (χ4n) is 3.37. The molecule has 0 aliphatic carbocycles. The van der Waals surface area contributed by atoms with Crippen molar-refractivity contribution in [2.24, 2.45) is 0 Å². The molecule has 4 rings (SSSR count). The fourth-order valence-corrected chi connectivity index (χ4v) is 3.37. The molecule has 0 saturated carbocycles. The van der Waals surface area contributed by atoms with Crippen molar-refractivity contribution in [2.45, 2.75) is 32.4 Å². The first kappa shape index (κ1) is 15.0. The van der Waals surface area contributed by atoms with E-state index in [1.807, 2.05) is 29.9 Å².